The van der Waals surface area contributed by atoms with E-state index < -0.39 is 29.6 Å². The van der Waals surface area contributed by atoms with Crippen molar-refractivity contribution in [3.05, 3.63) is 71.5 Å². The van der Waals surface area contributed by atoms with Crippen LogP contribution in [-0.2, 0) is 19.1 Å². The molecule has 2 aromatic carbocycles. The van der Waals surface area contributed by atoms with Crippen LogP contribution in [0, 0.1) is 11.7 Å². The molecule has 0 aliphatic carbocycles. The number of ether oxygens (including phenoxy) is 2. The summed E-state index contributed by atoms with van der Waals surface area (Å²) >= 11 is 0. The van der Waals surface area contributed by atoms with E-state index in [1.54, 1.807) is 46.8 Å². The van der Waals surface area contributed by atoms with Crippen molar-refractivity contribution in [2.75, 3.05) is 0 Å². The van der Waals surface area contributed by atoms with Gasteiger partial charge in [0.25, 0.3) is 0 Å². The van der Waals surface area contributed by atoms with Gasteiger partial charge in [-0.05, 0) is 51.0 Å². The monoisotopic (exact) mass is 400 g/mol. The van der Waals surface area contributed by atoms with Gasteiger partial charge in [-0.15, -0.1) is 0 Å². The van der Waals surface area contributed by atoms with Gasteiger partial charge in [-0.3, -0.25) is 9.59 Å². The number of esters is 2. The Morgan fingerprint density at radius 1 is 0.931 bits per heavy atom. The van der Waals surface area contributed by atoms with E-state index in [1.807, 2.05) is 30.3 Å². The van der Waals surface area contributed by atoms with Gasteiger partial charge in [0.15, 0.2) is 0 Å². The van der Waals surface area contributed by atoms with Gasteiger partial charge in [-0.2, -0.15) is 0 Å². The van der Waals surface area contributed by atoms with E-state index in [2.05, 4.69) is 0 Å². The highest BCUT2D eigenvalue weighted by Gasteiger charge is 2.28. The maximum absolute atomic E-state index is 13.4. The van der Waals surface area contributed by atoms with Crippen LogP contribution in [0.5, 0.6) is 0 Å². The molecule has 0 aliphatic heterocycles. The summed E-state index contributed by atoms with van der Waals surface area (Å²) in [6.07, 6.45) is -0.550. The number of hydrogen-bond acceptors (Lipinski definition) is 4. The highest BCUT2D eigenvalue weighted by atomic mass is 19.1. The predicted molar refractivity (Wildman–Crippen MR) is 110 cm³/mol. The summed E-state index contributed by atoms with van der Waals surface area (Å²) in [5.74, 6) is -2.11. The summed E-state index contributed by atoms with van der Waals surface area (Å²) < 4.78 is 24.4. The topological polar surface area (TPSA) is 52.6 Å². The minimum absolute atomic E-state index is 0.0463. The molecule has 0 spiro atoms. The third-order valence-electron chi connectivity index (χ3n) is 4.45. The van der Waals surface area contributed by atoms with Crippen LogP contribution in [0.25, 0.3) is 0 Å². The molecule has 0 aromatic heterocycles. The van der Waals surface area contributed by atoms with E-state index in [-0.39, 0.29) is 18.2 Å². The van der Waals surface area contributed by atoms with Gasteiger partial charge in [0.05, 0.1) is 12.3 Å². The zero-order valence-corrected chi connectivity index (χ0v) is 17.6. The van der Waals surface area contributed by atoms with Crippen molar-refractivity contribution < 1.29 is 23.5 Å². The third kappa shape index (κ3) is 7.00. The number of halogens is 1. The standard InChI is InChI=1S/C24H29FO4/c1-16(15-21(26)29-24(3,4)5)23(27)28-17(2)22(18-9-7-6-8-10-18)19-11-13-20(25)14-12-19/h6-14,16-17,22H,15H2,1-5H3/t16-,17+,22-/m1/s1. The molecule has 0 unspecified atom stereocenters. The van der Waals surface area contributed by atoms with Crippen molar-refractivity contribution in [2.24, 2.45) is 5.92 Å². The maximum Gasteiger partial charge on any atom is 0.309 e. The number of carbonyl (C=O) groups excluding carboxylic acids is 2. The summed E-state index contributed by atoms with van der Waals surface area (Å²) in [6.45, 7) is 8.79. The summed E-state index contributed by atoms with van der Waals surface area (Å²) in [6, 6.07) is 15.8. The summed E-state index contributed by atoms with van der Waals surface area (Å²) in [7, 11) is 0. The molecule has 4 nitrogen and oxygen atoms in total. The molecule has 0 N–H and O–H groups in total. The Kier molecular flexibility index (Phi) is 7.54. The summed E-state index contributed by atoms with van der Waals surface area (Å²) in [4.78, 5) is 24.6. The molecule has 0 saturated heterocycles. The van der Waals surface area contributed by atoms with Crippen LogP contribution in [0.4, 0.5) is 4.39 Å². The zero-order chi connectivity index (χ0) is 21.6. The second-order valence-electron chi connectivity index (χ2n) is 8.27. The minimum Gasteiger partial charge on any atom is -0.461 e. The third-order valence-corrected chi connectivity index (χ3v) is 4.45. The molecule has 0 fully saturated rings. The van der Waals surface area contributed by atoms with E-state index in [1.165, 1.54) is 12.1 Å². The smallest absolute Gasteiger partial charge is 0.309 e. The first-order valence-corrected chi connectivity index (χ1v) is 9.79. The van der Waals surface area contributed by atoms with Crippen molar-refractivity contribution in [3.63, 3.8) is 0 Å². The molecular weight excluding hydrogens is 371 g/mol. The average Bonchev–Trinajstić information content (AvgIpc) is 2.62. The number of carbonyl (C=O) groups is 2. The highest BCUT2D eigenvalue weighted by molar-refractivity contribution is 5.80. The van der Waals surface area contributed by atoms with Crippen molar-refractivity contribution in [1.82, 2.24) is 0 Å². The summed E-state index contributed by atoms with van der Waals surface area (Å²) in [5.41, 5.74) is 1.20. The van der Waals surface area contributed by atoms with Crippen LogP contribution in [0.15, 0.2) is 54.6 Å². The van der Waals surface area contributed by atoms with E-state index in [0.717, 1.165) is 11.1 Å². The average molecular weight is 400 g/mol. The Morgan fingerprint density at radius 2 is 1.48 bits per heavy atom. The van der Waals surface area contributed by atoms with E-state index in [9.17, 15) is 14.0 Å². The van der Waals surface area contributed by atoms with Gasteiger partial charge >= 0.3 is 11.9 Å². The molecule has 2 rings (SSSR count). The van der Waals surface area contributed by atoms with Crippen LogP contribution in [0.1, 0.15) is 58.1 Å². The Bertz CT molecular complexity index is 809. The van der Waals surface area contributed by atoms with Gasteiger partial charge < -0.3 is 9.47 Å². The fraction of sp³-hybridized carbons (Fsp3) is 0.417. The van der Waals surface area contributed by atoms with Crippen molar-refractivity contribution in [3.8, 4) is 0 Å². The maximum atomic E-state index is 13.4. The Balaban J connectivity index is 2.13. The van der Waals surface area contributed by atoms with Gasteiger partial charge in [0.1, 0.15) is 17.5 Å². The van der Waals surface area contributed by atoms with E-state index >= 15 is 0 Å². The molecule has 0 aliphatic rings. The lowest BCUT2D eigenvalue weighted by molar-refractivity contribution is -0.163. The van der Waals surface area contributed by atoms with Gasteiger partial charge in [-0.25, -0.2) is 4.39 Å². The zero-order valence-electron chi connectivity index (χ0n) is 17.6. The molecule has 0 saturated carbocycles. The van der Waals surface area contributed by atoms with Crippen LogP contribution in [-0.4, -0.2) is 23.6 Å². The SMILES string of the molecule is C[C@H](CC(=O)OC(C)(C)C)C(=O)O[C@@H](C)[C@H](c1ccccc1)c1ccc(F)cc1. The minimum atomic E-state index is -0.628. The molecular formula is C24H29FO4. The Morgan fingerprint density at radius 3 is 2.03 bits per heavy atom. The lowest BCUT2D eigenvalue weighted by Crippen LogP contribution is -2.30. The van der Waals surface area contributed by atoms with Crippen LogP contribution in [0.2, 0.25) is 0 Å². The molecule has 156 valence electrons. The van der Waals surface area contributed by atoms with E-state index in [0.29, 0.717) is 0 Å². The highest BCUT2D eigenvalue weighted by Crippen LogP contribution is 2.30. The predicted octanol–water partition coefficient (Wildman–Crippen LogP) is 5.26. The van der Waals surface area contributed by atoms with Crippen molar-refractivity contribution in [1.29, 1.82) is 0 Å². The fourth-order valence-electron chi connectivity index (χ4n) is 3.15. The van der Waals surface area contributed by atoms with Crippen LogP contribution in [0.3, 0.4) is 0 Å². The first-order valence-electron chi connectivity index (χ1n) is 9.79. The molecule has 0 heterocycles. The van der Waals surface area contributed by atoms with Crippen LogP contribution < -0.4 is 0 Å². The van der Waals surface area contributed by atoms with E-state index in [4.69, 9.17) is 9.47 Å². The molecule has 5 heteroatoms. The summed E-state index contributed by atoms with van der Waals surface area (Å²) in [5, 5.41) is 0. The van der Waals surface area contributed by atoms with Crippen LogP contribution >= 0.6 is 0 Å². The van der Waals surface area contributed by atoms with Gasteiger partial charge in [0.2, 0.25) is 0 Å². The number of rotatable bonds is 7. The number of benzene rings is 2. The van der Waals surface area contributed by atoms with Crippen molar-refractivity contribution >= 4 is 11.9 Å². The second kappa shape index (κ2) is 9.68. The molecule has 2 aromatic rings. The number of hydrogen-bond donors (Lipinski definition) is 0. The lowest BCUT2D eigenvalue weighted by atomic mass is 9.87. The van der Waals surface area contributed by atoms with Gasteiger partial charge in [-0.1, -0.05) is 49.4 Å². The Labute approximate surface area is 172 Å². The Hall–Kier alpha value is -2.69. The quantitative estimate of drug-likeness (QED) is 0.595. The molecule has 0 amide bonds. The first kappa shape index (κ1) is 22.6. The fourth-order valence-corrected chi connectivity index (χ4v) is 3.15. The normalized spacial score (nSPS) is 14.6. The molecule has 0 radical (unpaired) electrons. The van der Waals surface area contributed by atoms with Gasteiger partial charge in [0, 0.05) is 5.92 Å². The lowest BCUT2D eigenvalue weighted by Gasteiger charge is -2.26. The molecule has 29 heavy (non-hydrogen) atoms. The molecule has 3 atom stereocenters. The first-order chi connectivity index (χ1) is 13.6. The second-order valence-corrected chi connectivity index (χ2v) is 8.27. The van der Waals surface area contributed by atoms with Crippen molar-refractivity contribution in [2.45, 2.75) is 58.7 Å². The largest absolute Gasteiger partial charge is 0.461 e. The molecule has 0 bridgehead atoms.